The summed E-state index contributed by atoms with van der Waals surface area (Å²) in [4.78, 5) is 28.3. The van der Waals surface area contributed by atoms with E-state index in [-0.39, 0.29) is 23.8 Å². The van der Waals surface area contributed by atoms with Crippen LogP contribution in [0.5, 0.6) is 0 Å². The fourth-order valence-corrected chi connectivity index (χ4v) is 3.08. The lowest BCUT2D eigenvalue weighted by molar-refractivity contribution is -0.136. The third kappa shape index (κ3) is 2.94. The molecule has 4 nitrogen and oxygen atoms in total. The van der Waals surface area contributed by atoms with Crippen LogP contribution >= 0.6 is 0 Å². The number of nitrogens with zero attached hydrogens (tertiary/aromatic N) is 2. The summed E-state index contributed by atoms with van der Waals surface area (Å²) in [7, 11) is 1.79. The summed E-state index contributed by atoms with van der Waals surface area (Å²) < 4.78 is 0. The van der Waals surface area contributed by atoms with Gasteiger partial charge in [0.15, 0.2) is 0 Å². The minimum Gasteiger partial charge on any atom is -0.343 e. The van der Waals surface area contributed by atoms with E-state index < -0.39 is 0 Å². The Morgan fingerprint density at radius 2 is 1.81 bits per heavy atom. The maximum Gasteiger partial charge on any atom is 0.228 e. The van der Waals surface area contributed by atoms with E-state index in [1.54, 1.807) is 11.9 Å². The lowest BCUT2D eigenvalue weighted by Gasteiger charge is -2.28. The van der Waals surface area contributed by atoms with Crippen molar-refractivity contribution in [2.24, 2.45) is 5.92 Å². The normalized spacial score (nSPS) is 21.7. The lowest BCUT2D eigenvalue weighted by atomic mass is 9.92. The van der Waals surface area contributed by atoms with Gasteiger partial charge in [0.1, 0.15) is 0 Å². The molecule has 114 valence electrons. The van der Waals surface area contributed by atoms with E-state index in [2.05, 4.69) is 0 Å². The zero-order valence-electron chi connectivity index (χ0n) is 13.3. The van der Waals surface area contributed by atoms with Gasteiger partial charge in [0.25, 0.3) is 0 Å². The third-order valence-corrected chi connectivity index (χ3v) is 4.40. The molecular formula is C17H24N2O2. The Kier molecular flexibility index (Phi) is 4.66. The lowest BCUT2D eigenvalue weighted by Crippen LogP contribution is -2.38. The Morgan fingerprint density at radius 3 is 2.33 bits per heavy atom. The summed E-state index contributed by atoms with van der Waals surface area (Å²) in [5.41, 5.74) is 2.22. The molecule has 0 bridgehead atoms. The quantitative estimate of drug-likeness (QED) is 0.853. The number of likely N-dealkylation sites (tertiary alicyclic amines) is 1. The van der Waals surface area contributed by atoms with Crippen LogP contribution in [-0.2, 0) is 9.59 Å². The van der Waals surface area contributed by atoms with Gasteiger partial charge in [-0.15, -0.1) is 0 Å². The topological polar surface area (TPSA) is 40.6 Å². The molecule has 1 aromatic carbocycles. The summed E-state index contributed by atoms with van der Waals surface area (Å²) in [6.45, 7) is 7.35. The second kappa shape index (κ2) is 6.29. The zero-order chi connectivity index (χ0) is 15.6. The van der Waals surface area contributed by atoms with Crippen LogP contribution < -0.4 is 0 Å². The van der Waals surface area contributed by atoms with Gasteiger partial charge < -0.3 is 9.80 Å². The van der Waals surface area contributed by atoms with Gasteiger partial charge in [0.2, 0.25) is 11.8 Å². The van der Waals surface area contributed by atoms with E-state index in [1.807, 2.05) is 49.9 Å². The van der Waals surface area contributed by atoms with Gasteiger partial charge in [-0.2, -0.15) is 0 Å². The first kappa shape index (κ1) is 15.5. The molecule has 0 spiro atoms. The highest BCUT2D eigenvalue weighted by Gasteiger charge is 2.43. The van der Waals surface area contributed by atoms with Crippen LogP contribution in [0, 0.1) is 12.8 Å². The molecule has 1 heterocycles. The molecule has 2 atom stereocenters. The number of hydrogen-bond donors (Lipinski definition) is 0. The second-order valence-electron chi connectivity index (χ2n) is 5.68. The molecule has 0 aromatic heterocycles. The maximum absolute atomic E-state index is 12.7. The predicted octanol–water partition coefficient (Wildman–Crippen LogP) is 2.38. The Bertz CT molecular complexity index is 520. The van der Waals surface area contributed by atoms with E-state index >= 15 is 0 Å². The standard InChI is InChI=1S/C17H24N2O2/c1-5-19(6-2)17(21)14-11-15(20)18(4)16(14)13-9-7-12(3)8-10-13/h7-10,14,16H,5-6,11H2,1-4H3/t14-,16+/m1/s1. The van der Waals surface area contributed by atoms with Crippen LogP contribution in [0.4, 0.5) is 0 Å². The number of benzene rings is 1. The number of amides is 2. The van der Waals surface area contributed by atoms with Gasteiger partial charge in [-0.05, 0) is 26.3 Å². The van der Waals surface area contributed by atoms with Crippen LogP contribution in [0.3, 0.4) is 0 Å². The smallest absolute Gasteiger partial charge is 0.228 e. The average Bonchev–Trinajstić information content (AvgIpc) is 2.77. The highest BCUT2D eigenvalue weighted by molar-refractivity contribution is 5.90. The minimum atomic E-state index is -0.273. The Hall–Kier alpha value is -1.84. The average molecular weight is 288 g/mol. The fourth-order valence-electron chi connectivity index (χ4n) is 3.08. The maximum atomic E-state index is 12.7. The first-order valence-corrected chi connectivity index (χ1v) is 7.60. The predicted molar refractivity (Wildman–Crippen MR) is 82.7 cm³/mol. The molecule has 0 aliphatic carbocycles. The van der Waals surface area contributed by atoms with E-state index in [1.165, 1.54) is 5.56 Å². The molecule has 1 fully saturated rings. The fraction of sp³-hybridized carbons (Fsp3) is 0.529. The zero-order valence-corrected chi connectivity index (χ0v) is 13.3. The van der Waals surface area contributed by atoms with E-state index in [0.717, 1.165) is 5.56 Å². The molecular weight excluding hydrogens is 264 g/mol. The first-order valence-electron chi connectivity index (χ1n) is 7.60. The van der Waals surface area contributed by atoms with Crippen LogP contribution in [0.25, 0.3) is 0 Å². The van der Waals surface area contributed by atoms with Crippen molar-refractivity contribution < 1.29 is 9.59 Å². The number of hydrogen-bond acceptors (Lipinski definition) is 2. The highest BCUT2D eigenvalue weighted by Crippen LogP contribution is 2.38. The molecule has 21 heavy (non-hydrogen) atoms. The van der Waals surface area contributed by atoms with Crippen molar-refractivity contribution in [3.63, 3.8) is 0 Å². The van der Waals surface area contributed by atoms with Gasteiger partial charge in [0.05, 0.1) is 12.0 Å². The van der Waals surface area contributed by atoms with Crippen LogP contribution in [0.2, 0.25) is 0 Å². The van der Waals surface area contributed by atoms with Crippen molar-refractivity contribution in [1.82, 2.24) is 9.80 Å². The van der Waals surface area contributed by atoms with Gasteiger partial charge >= 0.3 is 0 Å². The monoisotopic (exact) mass is 288 g/mol. The molecule has 0 saturated carbocycles. The van der Waals surface area contributed by atoms with Gasteiger partial charge in [0, 0.05) is 26.6 Å². The van der Waals surface area contributed by atoms with Crippen LogP contribution in [-0.4, -0.2) is 41.8 Å². The van der Waals surface area contributed by atoms with E-state index in [9.17, 15) is 9.59 Å². The van der Waals surface area contributed by atoms with Crippen molar-refractivity contribution >= 4 is 11.8 Å². The molecule has 0 unspecified atom stereocenters. The van der Waals surface area contributed by atoms with Crippen molar-refractivity contribution in [1.29, 1.82) is 0 Å². The highest BCUT2D eigenvalue weighted by atomic mass is 16.2. The Balaban J connectivity index is 2.33. The summed E-state index contributed by atoms with van der Waals surface area (Å²) in [5.74, 6) is -0.139. The molecule has 0 N–H and O–H groups in total. The van der Waals surface area contributed by atoms with Crippen LogP contribution in [0.1, 0.15) is 37.4 Å². The first-order chi connectivity index (χ1) is 9.99. The number of rotatable bonds is 4. The second-order valence-corrected chi connectivity index (χ2v) is 5.68. The molecule has 0 radical (unpaired) electrons. The van der Waals surface area contributed by atoms with Gasteiger partial charge in [-0.1, -0.05) is 29.8 Å². The summed E-state index contributed by atoms with van der Waals surface area (Å²) in [6, 6.07) is 7.97. The van der Waals surface area contributed by atoms with Crippen LogP contribution in [0.15, 0.2) is 24.3 Å². The molecule has 1 aromatic rings. The summed E-state index contributed by atoms with van der Waals surface area (Å²) >= 11 is 0. The number of aryl methyl sites for hydroxylation is 1. The number of carbonyl (C=O) groups excluding carboxylic acids is 2. The summed E-state index contributed by atoms with van der Waals surface area (Å²) in [5, 5.41) is 0. The molecule has 2 rings (SSSR count). The summed E-state index contributed by atoms with van der Waals surface area (Å²) in [6.07, 6.45) is 0.310. The molecule has 1 saturated heterocycles. The largest absolute Gasteiger partial charge is 0.343 e. The Morgan fingerprint density at radius 1 is 1.24 bits per heavy atom. The molecule has 1 aliphatic rings. The molecule has 2 amide bonds. The van der Waals surface area contributed by atoms with Crippen molar-refractivity contribution in [2.45, 2.75) is 33.2 Å². The van der Waals surface area contributed by atoms with Crippen molar-refractivity contribution in [3.05, 3.63) is 35.4 Å². The molecule has 1 aliphatic heterocycles. The third-order valence-electron chi connectivity index (χ3n) is 4.40. The van der Waals surface area contributed by atoms with Crippen molar-refractivity contribution in [2.75, 3.05) is 20.1 Å². The van der Waals surface area contributed by atoms with Gasteiger partial charge in [-0.25, -0.2) is 0 Å². The van der Waals surface area contributed by atoms with Crippen molar-refractivity contribution in [3.8, 4) is 0 Å². The SMILES string of the molecule is CCN(CC)C(=O)[C@@H]1CC(=O)N(C)[C@H]1c1ccc(C)cc1. The van der Waals surface area contributed by atoms with E-state index in [4.69, 9.17) is 0 Å². The number of carbonyl (C=O) groups is 2. The minimum absolute atomic E-state index is 0.0473. The van der Waals surface area contributed by atoms with Gasteiger partial charge in [-0.3, -0.25) is 9.59 Å². The van der Waals surface area contributed by atoms with E-state index in [0.29, 0.717) is 19.5 Å². The molecule has 4 heteroatoms. The Labute approximate surface area is 126 Å².